The van der Waals surface area contributed by atoms with Gasteiger partial charge in [-0.25, -0.2) is 4.79 Å². The van der Waals surface area contributed by atoms with Crippen molar-refractivity contribution in [1.29, 1.82) is 0 Å². The lowest BCUT2D eigenvalue weighted by molar-refractivity contribution is -0.136. The zero-order valence-electron chi connectivity index (χ0n) is 16.7. The van der Waals surface area contributed by atoms with E-state index in [4.69, 9.17) is 9.47 Å². The second-order valence-electron chi connectivity index (χ2n) is 6.59. The van der Waals surface area contributed by atoms with Crippen LogP contribution in [0, 0.1) is 6.92 Å². The van der Waals surface area contributed by atoms with Gasteiger partial charge in [0.25, 0.3) is 0 Å². The molecule has 0 saturated heterocycles. The number of aryl methyl sites for hydroxylation is 1. The molecule has 3 aromatic carbocycles. The summed E-state index contributed by atoms with van der Waals surface area (Å²) in [6, 6.07) is 25.4. The summed E-state index contributed by atoms with van der Waals surface area (Å²) in [5.74, 6) is 0.373. The number of rotatable bonds is 8. The summed E-state index contributed by atoms with van der Waals surface area (Å²) in [6.07, 6.45) is 1.68. The van der Waals surface area contributed by atoms with Crippen molar-refractivity contribution in [2.24, 2.45) is 0 Å². The van der Waals surface area contributed by atoms with Crippen LogP contribution in [0.15, 0.2) is 85.1 Å². The Bertz CT molecular complexity index is 946. The van der Waals surface area contributed by atoms with Gasteiger partial charge < -0.3 is 14.8 Å². The van der Waals surface area contributed by atoms with Gasteiger partial charge in [0.05, 0.1) is 12.2 Å². The van der Waals surface area contributed by atoms with E-state index in [9.17, 15) is 4.79 Å². The van der Waals surface area contributed by atoms with Crippen molar-refractivity contribution in [3.63, 3.8) is 0 Å². The third-order valence-corrected chi connectivity index (χ3v) is 4.34. The van der Waals surface area contributed by atoms with Crippen LogP contribution in [-0.2, 0) is 16.1 Å². The number of hydrogen-bond acceptors (Lipinski definition) is 4. The number of hydrogen-bond donors (Lipinski definition) is 1. The molecule has 148 valence electrons. The van der Waals surface area contributed by atoms with Gasteiger partial charge >= 0.3 is 5.97 Å². The van der Waals surface area contributed by atoms with Crippen LogP contribution in [0.25, 0.3) is 5.57 Å². The maximum atomic E-state index is 12.5. The molecule has 29 heavy (non-hydrogen) atoms. The van der Waals surface area contributed by atoms with Crippen molar-refractivity contribution < 1.29 is 14.3 Å². The predicted molar refractivity (Wildman–Crippen MR) is 117 cm³/mol. The molecule has 4 nitrogen and oxygen atoms in total. The van der Waals surface area contributed by atoms with E-state index in [0.29, 0.717) is 18.8 Å². The molecule has 0 atom stereocenters. The first kappa shape index (κ1) is 20.2. The van der Waals surface area contributed by atoms with Gasteiger partial charge in [-0.1, -0.05) is 60.2 Å². The lowest BCUT2D eigenvalue weighted by Gasteiger charge is -2.11. The average molecular weight is 387 g/mol. The Labute approximate surface area is 171 Å². The summed E-state index contributed by atoms with van der Waals surface area (Å²) in [5, 5.41) is 3.18. The molecule has 4 heteroatoms. The van der Waals surface area contributed by atoms with Gasteiger partial charge in [0.15, 0.2) is 0 Å². The van der Waals surface area contributed by atoms with E-state index in [-0.39, 0.29) is 5.97 Å². The van der Waals surface area contributed by atoms with E-state index in [0.717, 1.165) is 22.6 Å². The zero-order valence-corrected chi connectivity index (χ0v) is 16.7. The number of carbonyl (C=O) groups excluding carboxylic acids is 1. The van der Waals surface area contributed by atoms with E-state index >= 15 is 0 Å². The number of nitrogens with one attached hydrogen (secondary N) is 1. The Kier molecular flexibility index (Phi) is 7.06. The zero-order chi connectivity index (χ0) is 20.5. The van der Waals surface area contributed by atoms with Crippen molar-refractivity contribution in [1.82, 2.24) is 0 Å². The molecule has 0 unspecified atom stereocenters. The first-order chi connectivity index (χ1) is 14.2. The number of ether oxygens (including phenoxy) is 2. The van der Waals surface area contributed by atoms with E-state index in [1.807, 2.05) is 85.8 Å². The molecular formula is C25H25NO3. The highest BCUT2D eigenvalue weighted by molar-refractivity contribution is 6.16. The van der Waals surface area contributed by atoms with Gasteiger partial charge in [0, 0.05) is 11.9 Å². The second-order valence-corrected chi connectivity index (χ2v) is 6.59. The van der Waals surface area contributed by atoms with E-state index in [1.54, 1.807) is 13.1 Å². The number of carbonyl (C=O) groups is 1. The van der Waals surface area contributed by atoms with Crippen LogP contribution in [0.1, 0.15) is 23.6 Å². The highest BCUT2D eigenvalue weighted by atomic mass is 16.5. The Morgan fingerprint density at radius 1 is 0.931 bits per heavy atom. The first-order valence-electron chi connectivity index (χ1n) is 9.63. The largest absolute Gasteiger partial charge is 0.489 e. The first-order valence-corrected chi connectivity index (χ1v) is 9.63. The maximum absolute atomic E-state index is 12.5. The van der Waals surface area contributed by atoms with Crippen molar-refractivity contribution in [3.8, 4) is 5.75 Å². The van der Waals surface area contributed by atoms with Gasteiger partial charge in [-0.2, -0.15) is 0 Å². The Hall–Kier alpha value is -3.53. The number of anilines is 1. The van der Waals surface area contributed by atoms with Crippen molar-refractivity contribution in [2.75, 3.05) is 11.9 Å². The molecule has 3 rings (SSSR count). The van der Waals surface area contributed by atoms with Crippen LogP contribution < -0.4 is 10.1 Å². The number of benzene rings is 3. The van der Waals surface area contributed by atoms with Crippen LogP contribution in [-0.4, -0.2) is 12.6 Å². The summed E-state index contributed by atoms with van der Waals surface area (Å²) in [6.45, 7) is 4.64. The van der Waals surface area contributed by atoms with Crippen LogP contribution >= 0.6 is 0 Å². The standard InChI is InChI=1S/C25H25NO3/c1-3-28-25(27)24(17-26-22-13-9-19(2)10-14-22)21-11-15-23(16-12-21)29-18-20-7-5-4-6-8-20/h4-17,26H,3,18H2,1-2H3/b24-17+. The van der Waals surface area contributed by atoms with E-state index in [1.165, 1.54) is 5.56 Å². The molecular weight excluding hydrogens is 362 g/mol. The molecule has 0 bridgehead atoms. The Morgan fingerprint density at radius 2 is 1.62 bits per heavy atom. The van der Waals surface area contributed by atoms with Crippen molar-refractivity contribution in [3.05, 3.63) is 102 Å². The summed E-state index contributed by atoms with van der Waals surface area (Å²) in [5.41, 5.74) is 4.40. The van der Waals surface area contributed by atoms with E-state index < -0.39 is 0 Å². The molecule has 0 fully saturated rings. The molecule has 0 aliphatic carbocycles. The Morgan fingerprint density at radius 3 is 2.28 bits per heavy atom. The lowest BCUT2D eigenvalue weighted by Crippen LogP contribution is -2.08. The predicted octanol–water partition coefficient (Wildman–Crippen LogP) is 5.59. The Balaban J connectivity index is 1.73. The third kappa shape index (κ3) is 5.98. The van der Waals surface area contributed by atoms with Gasteiger partial charge in [0.2, 0.25) is 0 Å². The minimum absolute atomic E-state index is 0.318. The van der Waals surface area contributed by atoms with Crippen molar-refractivity contribution >= 4 is 17.2 Å². The van der Waals surface area contributed by atoms with E-state index in [2.05, 4.69) is 5.32 Å². The minimum Gasteiger partial charge on any atom is -0.489 e. The highest BCUT2D eigenvalue weighted by Crippen LogP contribution is 2.22. The summed E-state index contributed by atoms with van der Waals surface area (Å²) in [7, 11) is 0. The number of esters is 1. The summed E-state index contributed by atoms with van der Waals surface area (Å²) in [4.78, 5) is 12.5. The highest BCUT2D eigenvalue weighted by Gasteiger charge is 2.13. The SMILES string of the molecule is CCOC(=O)/C(=C/Nc1ccc(C)cc1)c1ccc(OCc2ccccc2)cc1. The molecule has 0 aliphatic heterocycles. The second kappa shape index (κ2) is 10.1. The summed E-state index contributed by atoms with van der Waals surface area (Å²) < 4.78 is 11.0. The van der Waals surface area contributed by atoms with Gasteiger partial charge in [-0.3, -0.25) is 0 Å². The maximum Gasteiger partial charge on any atom is 0.340 e. The monoisotopic (exact) mass is 387 g/mol. The van der Waals surface area contributed by atoms with Gasteiger partial charge in [-0.15, -0.1) is 0 Å². The van der Waals surface area contributed by atoms with Crippen LogP contribution in [0.2, 0.25) is 0 Å². The van der Waals surface area contributed by atoms with Crippen LogP contribution in [0.5, 0.6) is 5.75 Å². The molecule has 0 spiro atoms. The van der Waals surface area contributed by atoms with Crippen molar-refractivity contribution in [2.45, 2.75) is 20.5 Å². The molecule has 0 amide bonds. The molecule has 0 heterocycles. The smallest absolute Gasteiger partial charge is 0.340 e. The molecule has 0 saturated carbocycles. The topological polar surface area (TPSA) is 47.6 Å². The van der Waals surface area contributed by atoms with Gasteiger partial charge in [-0.05, 0) is 49.2 Å². The normalized spacial score (nSPS) is 11.0. The fourth-order valence-electron chi connectivity index (χ4n) is 2.75. The quantitative estimate of drug-likeness (QED) is 0.404. The summed E-state index contributed by atoms with van der Waals surface area (Å²) >= 11 is 0. The molecule has 0 aliphatic rings. The van der Waals surface area contributed by atoms with Crippen LogP contribution in [0.4, 0.5) is 5.69 Å². The minimum atomic E-state index is -0.370. The fourth-order valence-corrected chi connectivity index (χ4v) is 2.75. The molecule has 0 radical (unpaired) electrons. The third-order valence-electron chi connectivity index (χ3n) is 4.34. The molecule has 0 aromatic heterocycles. The molecule has 3 aromatic rings. The lowest BCUT2D eigenvalue weighted by atomic mass is 10.1. The van der Waals surface area contributed by atoms with Crippen LogP contribution in [0.3, 0.4) is 0 Å². The molecule has 1 N–H and O–H groups in total. The fraction of sp³-hybridized carbons (Fsp3) is 0.160. The van der Waals surface area contributed by atoms with Gasteiger partial charge in [0.1, 0.15) is 12.4 Å². The average Bonchev–Trinajstić information content (AvgIpc) is 2.75.